The molecule has 586 valence electrons. The first-order chi connectivity index (χ1) is 50.4. The number of hydrogen-bond acceptors (Lipinski definition) is 39. The average Bonchev–Trinajstić information content (AvgIpc) is 1.53. The molecular formula is C67H84O39. The summed E-state index contributed by atoms with van der Waals surface area (Å²) in [5, 5.41) is 163. The molecule has 29 atom stereocenters. The van der Waals surface area contributed by atoms with Gasteiger partial charge in [-0.15, -0.1) is 0 Å². The predicted octanol–water partition coefficient (Wildman–Crippen LogP) is -5.97. The van der Waals surface area contributed by atoms with E-state index in [2.05, 4.69) is 0 Å². The van der Waals surface area contributed by atoms with Crippen molar-refractivity contribution < 1.29 is 191 Å². The van der Waals surface area contributed by atoms with E-state index in [-0.39, 0.29) is 22.6 Å². The van der Waals surface area contributed by atoms with E-state index in [1.54, 1.807) is 0 Å². The highest BCUT2D eigenvalue weighted by atomic mass is 17.2. The van der Waals surface area contributed by atoms with Crippen molar-refractivity contribution in [3.8, 4) is 11.5 Å². The summed E-state index contributed by atoms with van der Waals surface area (Å²) in [7, 11) is 0. The molecule has 0 bridgehead atoms. The van der Waals surface area contributed by atoms with Crippen molar-refractivity contribution in [1.82, 2.24) is 0 Å². The van der Waals surface area contributed by atoms with Crippen LogP contribution in [0.15, 0.2) is 91.0 Å². The summed E-state index contributed by atoms with van der Waals surface area (Å²) in [6, 6.07) is 17.9. The van der Waals surface area contributed by atoms with E-state index in [4.69, 9.17) is 85.6 Å². The quantitative estimate of drug-likeness (QED) is 0.0106. The molecule has 15 N–H and O–H groups in total. The fraction of sp³-hybridized carbons (Fsp3) is 0.582. The topological polar surface area (TPSA) is 572 Å². The number of carbonyl (C=O) groups is 6. The van der Waals surface area contributed by atoms with Gasteiger partial charge in [0.15, 0.2) is 43.3 Å². The van der Waals surface area contributed by atoms with Crippen LogP contribution in [0.4, 0.5) is 0 Å². The zero-order chi connectivity index (χ0) is 77.0. The van der Waals surface area contributed by atoms with Gasteiger partial charge in [-0.2, -0.15) is 0 Å². The first kappa shape index (κ1) is 82.6. The predicted molar refractivity (Wildman–Crippen MR) is 339 cm³/mol. The molecule has 0 aromatic heterocycles. The van der Waals surface area contributed by atoms with Crippen LogP contribution in [-0.2, 0) is 105 Å². The molecule has 6 heterocycles. The molecule has 9 rings (SSSR count). The van der Waals surface area contributed by atoms with Crippen LogP contribution in [-0.4, -0.2) is 330 Å². The standard InChI is InChI=1S/C67H84O39/c1-28-44(77)48(81)51(84)62(92-28)94-36-18-12-33(13-19-36)15-21-43(76)99-56-41(26-90-30(3)72)98-66(104-67(27-91-42(75)20-14-32-10-16-35(74)17-11-32)60(47(80)39(24-70)103-67)102-61(88)34-8-6-5-7-9-34)59(101-64-53(86)50(83)46(79)38(23-69)96-64)58(56)105-106-65-54(87)57(55(93-31(4)73)40(97-65)25-89-29(2)71)100-63-52(85)49(82)45(78)37(22-68)95-63/h5-21,28,37-41,44-60,62-66,68-70,74,77-87H,22-27H2,1-4H3. The molecule has 0 aliphatic carbocycles. The number of aliphatic hydroxyl groups excluding tert-OH is 14. The van der Waals surface area contributed by atoms with Crippen LogP contribution in [0.5, 0.6) is 11.5 Å². The number of carbonyl (C=O) groups excluding carboxylic acids is 6. The van der Waals surface area contributed by atoms with Crippen molar-refractivity contribution in [2.75, 3.05) is 39.6 Å². The van der Waals surface area contributed by atoms with Gasteiger partial charge in [0.1, 0.15) is 141 Å². The SMILES string of the molecule is CC(=O)OCC1OC(OOC2C(OC(=O)C=Cc3ccc(OC4OC(C)C(O)C(O)C4O)cc3)C(COC(C)=O)OC(OC3(COC(=O)C=Cc4ccc(O)cc4)OC(CO)C(O)C3OC(=O)c3ccccc3)C2OC2OC(CO)C(O)C(O)C2O)C(O)C(OC2OC(CO)C(O)C(O)C2O)C1OC(C)=O. The highest BCUT2D eigenvalue weighted by Crippen LogP contribution is 2.43. The molecule has 6 aliphatic rings. The third-order valence-electron chi connectivity index (χ3n) is 17.5. The van der Waals surface area contributed by atoms with Crippen LogP contribution in [0, 0.1) is 0 Å². The van der Waals surface area contributed by atoms with E-state index >= 15 is 0 Å². The Labute approximate surface area is 601 Å². The van der Waals surface area contributed by atoms with Crippen molar-refractivity contribution in [2.24, 2.45) is 0 Å². The van der Waals surface area contributed by atoms with E-state index in [1.807, 2.05) is 0 Å². The highest BCUT2D eigenvalue weighted by molar-refractivity contribution is 5.90. The van der Waals surface area contributed by atoms with Gasteiger partial charge in [0.2, 0.25) is 18.4 Å². The minimum Gasteiger partial charge on any atom is -0.508 e. The number of benzene rings is 3. The van der Waals surface area contributed by atoms with E-state index < -0.39 is 253 Å². The van der Waals surface area contributed by atoms with Gasteiger partial charge >= 0.3 is 35.8 Å². The van der Waals surface area contributed by atoms with Crippen molar-refractivity contribution in [3.63, 3.8) is 0 Å². The number of rotatable bonds is 28. The molecule has 0 radical (unpaired) electrons. The fourth-order valence-electron chi connectivity index (χ4n) is 11.8. The summed E-state index contributed by atoms with van der Waals surface area (Å²) in [6.07, 6.45) is -53.6. The Morgan fingerprint density at radius 1 is 0.443 bits per heavy atom. The van der Waals surface area contributed by atoms with E-state index in [9.17, 15) is 105 Å². The van der Waals surface area contributed by atoms with Crippen molar-refractivity contribution in [3.05, 3.63) is 108 Å². The maximum atomic E-state index is 14.6. The molecule has 39 nitrogen and oxygen atoms in total. The minimum absolute atomic E-state index is 0.0559. The van der Waals surface area contributed by atoms with Gasteiger partial charge < -0.3 is 152 Å². The number of ether oxygens (including phenoxy) is 16. The van der Waals surface area contributed by atoms with E-state index in [0.29, 0.717) is 5.56 Å². The maximum absolute atomic E-state index is 14.6. The molecule has 39 heteroatoms. The van der Waals surface area contributed by atoms with Crippen molar-refractivity contribution >= 4 is 48.0 Å². The van der Waals surface area contributed by atoms with Gasteiger partial charge in [0, 0.05) is 32.9 Å². The van der Waals surface area contributed by atoms with Gasteiger partial charge in [-0.3, -0.25) is 14.4 Å². The lowest BCUT2D eigenvalue weighted by molar-refractivity contribution is -0.482. The van der Waals surface area contributed by atoms with Crippen molar-refractivity contribution in [1.29, 1.82) is 0 Å². The number of aliphatic hydroxyl groups is 14. The first-order valence-corrected chi connectivity index (χ1v) is 33.0. The van der Waals surface area contributed by atoms with E-state index in [0.717, 1.165) is 39.0 Å². The Kier molecular flexibility index (Phi) is 28.9. The molecule has 3 aromatic rings. The molecule has 0 amide bonds. The number of phenolic OH excluding ortho intramolecular Hbond substituents is 1. The summed E-state index contributed by atoms with van der Waals surface area (Å²) >= 11 is 0. The molecule has 6 aliphatic heterocycles. The molecule has 106 heavy (non-hydrogen) atoms. The lowest BCUT2D eigenvalue weighted by Gasteiger charge is -2.49. The Bertz CT molecular complexity index is 3430. The summed E-state index contributed by atoms with van der Waals surface area (Å²) < 4.78 is 94.2. The first-order valence-electron chi connectivity index (χ1n) is 33.0. The summed E-state index contributed by atoms with van der Waals surface area (Å²) in [4.78, 5) is 93.0. The monoisotopic (exact) mass is 1510 g/mol. The summed E-state index contributed by atoms with van der Waals surface area (Å²) in [5.74, 6) is -10.1. The Hall–Kier alpha value is -7.44. The smallest absolute Gasteiger partial charge is 0.338 e. The molecule has 6 saturated heterocycles. The Morgan fingerprint density at radius 3 is 1.49 bits per heavy atom. The number of phenols is 1. The second-order valence-corrected chi connectivity index (χ2v) is 25.1. The summed E-state index contributed by atoms with van der Waals surface area (Å²) in [5.41, 5.74) is 0.377. The van der Waals surface area contributed by atoms with Crippen LogP contribution < -0.4 is 4.74 Å². The van der Waals surface area contributed by atoms with Crippen LogP contribution in [0.3, 0.4) is 0 Å². The van der Waals surface area contributed by atoms with Gasteiger partial charge in [-0.25, -0.2) is 24.2 Å². The third-order valence-corrected chi connectivity index (χ3v) is 17.5. The number of hydrogen-bond donors (Lipinski definition) is 15. The molecule has 0 spiro atoms. The second kappa shape index (κ2) is 37.1. The minimum atomic E-state index is -3.05. The molecule has 6 fully saturated rings. The van der Waals surface area contributed by atoms with Gasteiger partial charge in [-0.1, -0.05) is 42.5 Å². The van der Waals surface area contributed by atoms with Crippen LogP contribution in [0.25, 0.3) is 12.2 Å². The second-order valence-electron chi connectivity index (χ2n) is 25.1. The average molecular weight is 1510 g/mol. The van der Waals surface area contributed by atoms with Gasteiger partial charge in [0.25, 0.3) is 0 Å². The Balaban J connectivity index is 1.17. The normalized spacial score (nSPS) is 37.6. The lowest BCUT2D eigenvalue weighted by atomic mass is 9.96. The zero-order valence-electron chi connectivity index (χ0n) is 56.7. The third kappa shape index (κ3) is 20.1. The molecule has 0 saturated carbocycles. The molecule has 3 aromatic carbocycles. The van der Waals surface area contributed by atoms with Crippen LogP contribution in [0.1, 0.15) is 49.2 Å². The van der Waals surface area contributed by atoms with Gasteiger partial charge in [0.05, 0.1) is 31.5 Å². The van der Waals surface area contributed by atoms with E-state index in [1.165, 1.54) is 91.9 Å². The molecule has 29 unspecified atom stereocenters. The lowest BCUT2D eigenvalue weighted by Crippen LogP contribution is -2.68. The summed E-state index contributed by atoms with van der Waals surface area (Å²) in [6.45, 7) is -2.35. The van der Waals surface area contributed by atoms with Crippen molar-refractivity contribution in [2.45, 2.75) is 205 Å². The fourth-order valence-corrected chi connectivity index (χ4v) is 11.8. The number of aromatic hydroxyl groups is 1. The number of esters is 6. The molecular weight excluding hydrogens is 1430 g/mol. The van der Waals surface area contributed by atoms with Crippen LogP contribution in [0.2, 0.25) is 0 Å². The Morgan fingerprint density at radius 2 is 0.943 bits per heavy atom. The van der Waals surface area contributed by atoms with Crippen LogP contribution >= 0.6 is 0 Å². The van der Waals surface area contributed by atoms with Gasteiger partial charge in [-0.05, 0) is 66.6 Å². The zero-order valence-corrected chi connectivity index (χ0v) is 56.7. The maximum Gasteiger partial charge on any atom is 0.338 e. The highest BCUT2D eigenvalue weighted by Gasteiger charge is 2.65. The largest absolute Gasteiger partial charge is 0.508 e.